The maximum absolute atomic E-state index is 12.5. The first-order valence-corrected chi connectivity index (χ1v) is 4.37. The lowest BCUT2D eigenvalue weighted by atomic mass is 10.1. The summed E-state index contributed by atoms with van der Waals surface area (Å²) < 4.78 is 37.4. The normalized spacial score (nSPS) is 13.0. The van der Waals surface area contributed by atoms with E-state index in [1.807, 2.05) is 0 Å². The highest BCUT2D eigenvalue weighted by Gasteiger charge is 2.35. The number of rotatable bonds is 1. The minimum atomic E-state index is -4.61. The third-order valence-electron chi connectivity index (χ3n) is 1.61. The molecule has 2 nitrogen and oxygen atoms in total. The Balaban J connectivity index is 3.47. The SMILES string of the molecule is O/N=C(\Cl)c1c(Cl)cccc1C(F)(F)F. The first-order chi connectivity index (χ1) is 6.88. The summed E-state index contributed by atoms with van der Waals surface area (Å²) in [6.07, 6.45) is -4.61. The van der Waals surface area contributed by atoms with E-state index in [2.05, 4.69) is 5.16 Å². The van der Waals surface area contributed by atoms with E-state index < -0.39 is 22.5 Å². The molecule has 0 bridgehead atoms. The molecule has 0 aliphatic rings. The molecule has 0 unspecified atom stereocenters. The predicted molar refractivity (Wildman–Crippen MR) is 50.6 cm³/mol. The molecule has 1 aromatic carbocycles. The summed E-state index contributed by atoms with van der Waals surface area (Å²) in [6, 6.07) is 3.16. The molecular weight excluding hydrogens is 254 g/mol. The van der Waals surface area contributed by atoms with E-state index in [0.29, 0.717) is 0 Å². The Morgan fingerprint density at radius 3 is 2.40 bits per heavy atom. The van der Waals surface area contributed by atoms with Gasteiger partial charge in [0.25, 0.3) is 0 Å². The van der Waals surface area contributed by atoms with Crippen molar-refractivity contribution in [2.75, 3.05) is 0 Å². The van der Waals surface area contributed by atoms with Crippen molar-refractivity contribution in [1.82, 2.24) is 0 Å². The number of nitrogens with zero attached hydrogens (tertiary/aromatic N) is 1. The minimum Gasteiger partial charge on any atom is -0.410 e. The third-order valence-corrected chi connectivity index (χ3v) is 2.19. The largest absolute Gasteiger partial charge is 0.417 e. The van der Waals surface area contributed by atoms with Gasteiger partial charge in [0.05, 0.1) is 10.6 Å². The number of hydrogen-bond acceptors (Lipinski definition) is 2. The Hall–Kier alpha value is -0.940. The van der Waals surface area contributed by atoms with Gasteiger partial charge in [-0.2, -0.15) is 13.2 Å². The summed E-state index contributed by atoms with van der Waals surface area (Å²) in [5.41, 5.74) is -1.58. The Morgan fingerprint density at radius 2 is 1.93 bits per heavy atom. The molecule has 1 aromatic rings. The number of benzene rings is 1. The molecule has 0 spiro atoms. The third kappa shape index (κ3) is 2.54. The summed E-state index contributed by atoms with van der Waals surface area (Å²) in [7, 11) is 0. The molecule has 0 fully saturated rings. The molecule has 0 saturated heterocycles. The fraction of sp³-hybridized carbons (Fsp3) is 0.125. The highest BCUT2D eigenvalue weighted by molar-refractivity contribution is 6.70. The highest BCUT2D eigenvalue weighted by Crippen LogP contribution is 2.35. The van der Waals surface area contributed by atoms with Crippen molar-refractivity contribution in [3.63, 3.8) is 0 Å². The van der Waals surface area contributed by atoms with Crippen LogP contribution in [0.4, 0.5) is 13.2 Å². The summed E-state index contributed by atoms with van der Waals surface area (Å²) in [6.45, 7) is 0. The van der Waals surface area contributed by atoms with Crippen LogP contribution in [0.25, 0.3) is 0 Å². The molecule has 82 valence electrons. The Bertz CT molecular complexity index is 403. The van der Waals surface area contributed by atoms with Crippen molar-refractivity contribution in [2.24, 2.45) is 5.16 Å². The molecule has 7 heteroatoms. The van der Waals surface area contributed by atoms with Crippen LogP contribution in [-0.2, 0) is 6.18 Å². The zero-order valence-corrected chi connectivity index (χ0v) is 8.53. The Kier molecular flexibility index (Phi) is 3.46. The van der Waals surface area contributed by atoms with Gasteiger partial charge in [-0.1, -0.05) is 34.4 Å². The first-order valence-electron chi connectivity index (χ1n) is 3.61. The van der Waals surface area contributed by atoms with Crippen molar-refractivity contribution in [2.45, 2.75) is 6.18 Å². The van der Waals surface area contributed by atoms with Crippen molar-refractivity contribution in [1.29, 1.82) is 0 Å². The van der Waals surface area contributed by atoms with Crippen LogP contribution in [0.1, 0.15) is 11.1 Å². The molecule has 0 aromatic heterocycles. The van der Waals surface area contributed by atoms with Crippen LogP contribution in [0.15, 0.2) is 23.4 Å². The minimum absolute atomic E-state index is 0.229. The van der Waals surface area contributed by atoms with Gasteiger partial charge < -0.3 is 5.21 Å². The number of halogens is 5. The van der Waals surface area contributed by atoms with Crippen LogP contribution >= 0.6 is 23.2 Å². The van der Waals surface area contributed by atoms with Gasteiger partial charge in [0.1, 0.15) is 0 Å². The second kappa shape index (κ2) is 4.28. The summed E-state index contributed by atoms with van der Waals surface area (Å²) in [5.74, 6) is 0. The zero-order valence-electron chi connectivity index (χ0n) is 7.02. The molecule has 0 amide bonds. The van der Waals surface area contributed by atoms with Crippen LogP contribution in [0.3, 0.4) is 0 Å². The standard InChI is InChI=1S/C8H4Cl2F3NO/c9-5-3-1-2-4(8(11,12)13)6(5)7(10)14-15/h1-3,15H/b14-7-. The maximum atomic E-state index is 12.5. The average molecular weight is 258 g/mol. The second-order valence-electron chi connectivity index (χ2n) is 2.55. The monoisotopic (exact) mass is 257 g/mol. The van der Waals surface area contributed by atoms with Gasteiger partial charge in [-0.3, -0.25) is 0 Å². The van der Waals surface area contributed by atoms with Gasteiger partial charge in [0.2, 0.25) is 0 Å². The smallest absolute Gasteiger partial charge is 0.410 e. The van der Waals surface area contributed by atoms with Crippen LogP contribution in [0.5, 0.6) is 0 Å². The molecule has 15 heavy (non-hydrogen) atoms. The Labute approximate surface area is 92.9 Å². The molecule has 0 atom stereocenters. The van der Waals surface area contributed by atoms with Gasteiger partial charge in [-0.15, -0.1) is 0 Å². The summed E-state index contributed by atoms with van der Waals surface area (Å²) in [4.78, 5) is 0. The lowest BCUT2D eigenvalue weighted by Gasteiger charge is -2.11. The summed E-state index contributed by atoms with van der Waals surface area (Å²) >= 11 is 10.9. The molecule has 0 radical (unpaired) electrons. The summed E-state index contributed by atoms with van der Waals surface area (Å²) in [5, 5.41) is 9.89. The van der Waals surface area contributed by atoms with Gasteiger partial charge in [0, 0.05) is 5.56 Å². The molecule has 0 heterocycles. The van der Waals surface area contributed by atoms with Crippen LogP contribution in [0, 0.1) is 0 Å². The maximum Gasteiger partial charge on any atom is 0.417 e. The van der Waals surface area contributed by atoms with Crippen molar-refractivity contribution >= 4 is 28.4 Å². The van der Waals surface area contributed by atoms with Gasteiger partial charge in [-0.05, 0) is 12.1 Å². The Morgan fingerprint density at radius 1 is 1.33 bits per heavy atom. The van der Waals surface area contributed by atoms with E-state index in [4.69, 9.17) is 28.4 Å². The van der Waals surface area contributed by atoms with Crippen LogP contribution < -0.4 is 0 Å². The molecular formula is C8H4Cl2F3NO. The molecule has 1 rings (SSSR count). The van der Waals surface area contributed by atoms with E-state index in [-0.39, 0.29) is 5.02 Å². The number of hydrogen-bond donors (Lipinski definition) is 1. The quantitative estimate of drug-likeness (QED) is 0.464. The molecule has 1 N–H and O–H groups in total. The fourth-order valence-corrected chi connectivity index (χ4v) is 1.54. The van der Waals surface area contributed by atoms with E-state index in [1.54, 1.807) is 0 Å². The number of oxime groups is 1. The van der Waals surface area contributed by atoms with Crippen molar-refractivity contribution in [3.8, 4) is 0 Å². The van der Waals surface area contributed by atoms with E-state index in [9.17, 15) is 13.2 Å². The predicted octanol–water partition coefficient (Wildman–Crippen LogP) is 3.73. The average Bonchev–Trinajstić information content (AvgIpc) is 2.15. The first kappa shape index (κ1) is 12.1. The van der Waals surface area contributed by atoms with E-state index in [1.165, 1.54) is 6.07 Å². The molecule has 0 saturated carbocycles. The lowest BCUT2D eigenvalue weighted by Crippen LogP contribution is -2.11. The molecule has 0 aliphatic carbocycles. The van der Waals surface area contributed by atoms with E-state index >= 15 is 0 Å². The van der Waals surface area contributed by atoms with Crippen LogP contribution in [0.2, 0.25) is 5.02 Å². The second-order valence-corrected chi connectivity index (χ2v) is 3.32. The number of alkyl halides is 3. The van der Waals surface area contributed by atoms with Crippen molar-refractivity contribution in [3.05, 3.63) is 34.3 Å². The van der Waals surface area contributed by atoms with Gasteiger partial charge in [-0.25, -0.2) is 0 Å². The lowest BCUT2D eigenvalue weighted by molar-refractivity contribution is -0.137. The van der Waals surface area contributed by atoms with Crippen LogP contribution in [-0.4, -0.2) is 10.4 Å². The van der Waals surface area contributed by atoms with Gasteiger partial charge in [0.15, 0.2) is 5.17 Å². The highest BCUT2D eigenvalue weighted by atomic mass is 35.5. The fourth-order valence-electron chi connectivity index (χ4n) is 1.02. The topological polar surface area (TPSA) is 32.6 Å². The van der Waals surface area contributed by atoms with Crippen molar-refractivity contribution < 1.29 is 18.4 Å². The molecule has 0 aliphatic heterocycles. The van der Waals surface area contributed by atoms with Gasteiger partial charge >= 0.3 is 6.18 Å². The zero-order chi connectivity index (χ0) is 11.6. The van der Waals surface area contributed by atoms with E-state index in [0.717, 1.165) is 12.1 Å².